The second-order valence-corrected chi connectivity index (χ2v) is 6.29. The van der Waals surface area contributed by atoms with Gasteiger partial charge in [0, 0.05) is 6.04 Å². The van der Waals surface area contributed by atoms with E-state index in [0.717, 1.165) is 10.7 Å². The summed E-state index contributed by atoms with van der Waals surface area (Å²) < 4.78 is 0. The Hall–Kier alpha value is -1.24. The number of carbonyl (C=O) groups excluding carboxylic acids is 3. The molecule has 20 heavy (non-hydrogen) atoms. The topological polar surface area (TPSA) is 78.5 Å². The van der Waals surface area contributed by atoms with E-state index < -0.39 is 12.1 Å². The highest BCUT2D eigenvalue weighted by molar-refractivity contribution is 7.98. The van der Waals surface area contributed by atoms with Crippen LogP contribution in [-0.2, 0) is 9.59 Å². The molecule has 1 fully saturated rings. The van der Waals surface area contributed by atoms with Crippen molar-refractivity contribution < 1.29 is 14.4 Å². The lowest BCUT2D eigenvalue weighted by molar-refractivity contribution is -0.132. The molecule has 0 aromatic carbocycles. The van der Waals surface area contributed by atoms with E-state index in [-0.39, 0.29) is 24.4 Å². The fourth-order valence-corrected chi connectivity index (χ4v) is 2.24. The Morgan fingerprint density at radius 2 is 2.05 bits per heavy atom. The number of thioether (sulfide) groups is 1. The molecule has 0 spiro atoms. The van der Waals surface area contributed by atoms with E-state index in [4.69, 9.17) is 0 Å². The Kier molecular flexibility index (Phi) is 6.32. The summed E-state index contributed by atoms with van der Waals surface area (Å²) >= 11 is 1.62. The zero-order valence-electron chi connectivity index (χ0n) is 12.4. The minimum absolute atomic E-state index is 0.00977. The van der Waals surface area contributed by atoms with Crippen LogP contribution in [0.2, 0.25) is 0 Å². The minimum Gasteiger partial charge on any atom is -0.352 e. The first-order valence-corrected chi connectivity index (χ1v) is 8.16. The second-order valence-electron chi connectivity index (χ2n) is 5.31. The lowest BCUT2D eigenvalue weighted by atomic mass is 10.1. The van der Waals surface area contributed by atoms with Gasteiger partial charge in [0.05, 0.1) is 0 Å². The first-order chi connectivity index (χ1) is 9.36. The van der Waals surface area contributed by atoms with Crippen LogP contribution in [0.5, 0.6) is 0 Å². The molecule has 1 aliphatic rings. The molecule has 1 heterocycles. The molecule has 6 nitrogen and oxygen atoms in total. The monoisotopic (exact) mass is 301 g/mol. The van der Waals surface area contributed by atoms with Crippen LogP contribution >= 0.6 is 11.8 Å². The van der Waals surface area contributed by atoms with Crippen LogP contribution in [0.1, 0.15) is 27.2 Å². The van der Waals surface area contributed by atoms with E-state index in [1.165, 1.54) is 0 Å². The lowest BCUT2D eigenvalue weighted by Crippen LogP contribution is -2.45. The van der Waals surface area contributed by atoms with Gasteiger partial charge >= 0.3 is 6.03 Å². The molecule has 1 saturated heterocycles. The van der Waals surface area contributed by atoms with E-state index in [1.54, 1.807) is 11.8 Å². The molecule has 0 saturated carbocycles. The Balaban J connectivity index is 2.53. The van der Waals surface area contributed by atoms with Gasteiger partial charge < -0.3 is 10.6 Å². The maximum absolute atomic E-state index is 12.0. The Morgan fingerprint density at radius 3 is 2.60 bits per heavy atom. The van der Waals surface area contributed by atoms with Crippen molar-refractivity contribution in [3.63, 3.8) is 0 Å². The van der Waals surface area contributed by atoms with Crippen molar-refractivity contribution in [3.8, 4) is 0 Å². The minimum atomic E-state index is -0.495. The summed E-state index contributed by atoms with van der Waals surface area (Å²) in [6, 6.07) is -0.964. The summed E-state index contributed by atoms with van der Waals surface area (Å²) in [7, 11) is 0. The van der Waals surface area contributed by atoms with Crippen LogP contribution in [0.15, 0.2) is 0 Å². The number of imide groups is 1. The van der Waals surface area contributed by atoms with Crippen molar-refractivity contribution in [1.82, 2.24) is 15.5 Å². The van der Waals surface area contributed by atoms with Gasteiger partial charge in [0.15, 0.2) is 0 Å². The van der Waals surface area contributed by atoms with Gasteiger partial charge in [-0.3, -0.25) is 14.5 Å². The number of nitrogens with one attached hydrogen (secondary N) is 2. The van der Waals surface area contributed by atoms with Gasteiger partial charge in [-0.25, -0.2) is 4.79 Å². The molecule has 114 valence electrons. The zero-order chi connectivity index (χ0) is 15.3. The largest absolute Gasteiger partial charge is 0.352 e. The smallest absolute Gasteiger partial charge is 0.325 e. The number of hydrogen-bond acceptors (Lipinski definition) is 4. The lowest BCUT2D eigenvalue weighted by Gasteiger charge is -2.19. The molecular formula is C13H23N3O3S. The van der Waals surface area contributed by atoms with E-state index in [0.29, 0.717) is 12.3 Å². The molecule has 0 aliphatic carbocycles. The molecule has 7 heteroatoms. The highest BCUT2D eigenvalue weighted by atomic mass is 32.2. The maximum Gasteiger partial charge on any atom is 0.325 e. The number of nitrogens with zero attached hydrogens (tertiary/aromatic N) is 1. The second kappa shape index (κ2) is 7.52. The Labute approximate surface area is 124 Å². The van der Waals surface area contributed by atoms with Crippen LogP contribution in [0, 0.1) is 5.92 Å². The van der Waals surface area contributed by atoms with Crippen molar-refractivity contribution in [2.45, 2.75) is 39.3 Å². The summed E-state index contributed by atoms with van der Waals surface area (Å²) in [4.78, 5) is 36.6. The third-order valence-electron chi connectivity index (χ3n) is 3.41. The van der Waals surface area contributed by atoms with Crippen LogP contribution in [0.3, 0.4) is 0 Å². The molecule has 2 N–H and O–H groups in total. The fourth-order valence-electron chi connectivity index (χ4n) is 1.77. The van der Waals surface area contributed by atoms with Gasteiger partial charge in [-0.15, -0.1) is 0 Å². The summed E-state index contributed by atoms with van der Waals surface area (Å²) in [5.41, 5.74) is 0. The third-order valence-corrected chi connectivity index (χ3v) is 4.05. The van der Waals surface area contributed by atoms with Crippen molar-refractivity contribution in [3.05, 3.63) is 0 Å². The zero-order valence-corrected chi connectivity index (χ0v) is 13.3. The quantitative estimate of drug-likeness (QED) is 0.682. The molecule has 0 radical (unpaired) electrons. The number of rotatable bonds is 7. The fraction of sp³-hybridized carbons (Fsp3) is 0.769. The van der Waals surface area contributed by atoms with Crippen molar-refractivity contribution >= 4 is 29.6 Å². The van der Waals surface area contributed by atoms with Gasteiger partial charge in [-0.05, 0) is 31.3 Å². The molecule has 2 atom stereocenters. The predicted octanol–water partition coefficient (Wildman–Crippen LogP) is 0.821. The Morgan fingerprint density at radius 1 is 1.40 bits per heavy atom. The van der Waals surface area contributed by atoms with Gasteiger partial charge in [-0.1, -0.05) is 13.8 Å². The van der Waals surface area contributed by atoms with Gasteiger partial charge in [0.25, 0.3) is 5.91 Å². The summed E-state index contributed by atoms with van der Waals surface area (Å²) in [5.74, 6) is 0.481. The third kappa shape index (κ3) is 4.40. The molecule has 4 amide bonds. The molecule has 1 aliphatic heterocycles. The average Bonchev–Trinajstić information content (AvgIpc) is 2.63. The molecule has 0 aromatic rings. The molecule has 0 aromatic heterocycles. The number of carbonyl (C=O) groups is 3. The van der Waals surface area contributed by atoms with E-state index in [1.807, 2.05) is 27.0 Å². The normalized spacial score (nSPS) is 20.2. The van der Waals surface area contributed by atoms with Crippen LogP contribution < -0.4 is 10.6 Å². The highest BCUT2D eigenvalue weighted by Gasteiger charge is 2.38. The Bertz CT molecular complexity index is 387. The number of amides is 4. The number of urea groups is 1. The molecule has 0 bridgehead atoms. The highest BCUT2D eigenvalue weighted by Crippen LogP contribution is 2.11. The van der Waals surface area contributed by atoms with E-state index in [2.05, 4.69) is 10.6 Å². The molecular weight excluding hydrogens is 278 g/mol. The summed E-state index contributed by atoms with van der Waals surface area (Å²) in [5, 5.41) is 5.40. The first kappa shape index (κ1) is 16.8. The number of hydrogen-bond donors (Lipinski definition) is 2. The van der Waals surface area contributed by atoms with Crippen molar-refractivity contribution in [2.24, 2.45) is 5.92 Å². The summed E-state index contributed by atoms with van der Waals surface area (Å²) in [6.07, 6.45) is 2.53. The van der Waals surface area contributed by atoms with E-state index >= 15 is 0 Å². The van der Waals surface area contributed by atoms with Crippen LogP contribution in [-0.4, -0.2) is 53.4 Å². The molecule has 0 unspecified atom stereocenters. The summed E-state index contributed by atoms with van der Waals surface area (Å²) in [6.45, 7) is 5.68. The molecule has 1 rings (SSSR count). The van der Waals surface area contributed by atoms with E-state index in [9.17, 15) is 14.4 Å². The average molecular weight is 301 g/mol. The standard InChI is InChI=1S/C13H23N3O3S/c1-8(2)9(3)14-11(17)7-16-12(18)10(5-6-20-4)15-13(16)19/h8-10H,5-7H2,1-4H3,(H,14,17)(H,15,19)/t9-,10+/m0/s1. The first-order valence-electron chi connectivity index (χ1n) is 6.77. The van der Waals surface area contributed by atoms with Gasteiger partial charge in [0.1, 0.15) is 12.6 Å². The van der Waals surface area contributed by atoms with Crippen molar-refractivity contribution in [1.29, 1.82) is 0 Å². The predicted molar refractivity (Wildman–Crippen MR) is 79.5 cm³/mol. The van der Waals surface area contributed by atoms with Gasteiger partial charge in [0.2, 0.25) is 5.91 Å². The van der Waals surface area contributed by atoms with Crippen LogP contribution in [0.4, 0.5) is 4.79 Å². The van der Waals surface area contributed by atoms with Crippen molar-refractivity contribution in [2.75, 3.05) is 18.6 Å². The maximum atomic E-state index is 12.0. The van der Waals surface area contributed by atoms with Crippen LogP contribution in [0.25, 0.3) is 0 Å². The van der Waals surface area contributed by atoms with Gasteiger partial charge in [-0.2, -0.15) is 11.8 Å². The SMILES string of the molecule is CSCC[C@H]1NC(=O)N(CC(=O)N[C@@H](C)C(C)C)C1=O.